The molecule has 0 radical (unpaired) electrons. The quantitative estimate of drug-likeness (QED) is 0.859. The second-order valence-electron chi connectivity index (χ2n) is 4.24. The lowest BCUT2D eigenvalue weighted by Crippen LogP contribution is -2.39. The van der Waals surface area contributed by atoms with Gasteiger partial charge in [0.05, 0.1) is 6.10 Å². The smallest absolute Gasteiger partial charge is 0.134 e. The van der Waals surface area contributed by atoms with Gasteiger partial charge in [0.15, 0.2) is 0 Å². The summed E-state index contributed by atoms with van der Waals surface area (Å²) in [5, 5.41) is 3.20. The van der Waals surface area contributed by atoms with Crippen molar-refractivity contribution in [1.82, 2.24) is 9.97 Å². The monoisotopic (exact) mass is 236 g/mol. The Morgan fingerprint density at radius 2 is 2.41 bits per heavy atom. The first-order valence-electron chi connectivity index (χ1n) is 6.17. The summed E-state index contributed by atoms with van der Waals surface area (Å²) < 4.78 is 5.42. The van der Waals surface area contributed by atoms with Crippen LogP contribution in [0.2, 0.25) is 0 Å². The first kappa shape index (κ1) is 12.1. The fourth-order valence-corrected chi connectivity index (χ4v) is 2.14. The Labute approximate surface area is 102 Å². The molecule has 0 aliphatic carbocycles. The van der Waals surface area contributed by atoms with E-state index in [0.717, 1.165) is 44.1 Å². The highest BCUT2D eigenvalue weighted by molar-refractivity contribution is 5.48. The molecule has 1 aromatic rings. The van der Waals surface area contributed by atoms with Gasteiger partial charge < -0.3 is 15.0 Å². The summed E-state index contributed by atoms with van der Waals surface area (Å²) in [6, 6.07) is 2.00. The lowest BCUT2D eigenvalue weighted by molar-refractivity contribution is 0.0891. The van der Waals surface area contributed by atoms with Crippen molar-refractivity contribution >= 4 is 11.6 Å². The van der Waals surface area contributed by atoms with Crippen LogP contribution in [0.15, 0.2) is 12.4 Å². The molecule has 0 bridgehead atoms. The van der Waals surface area contributed by atoms with Crippen LogP contribution in [0.4, 0.5) is 11.6 Å². The van der Waals surface area contributed by atoms with Crippen molar-refractivity contribution in [3.8, 4) is 0 Å². The highest BCUT2D eigenvalue weighted by Gasteiger charge is 2.20. The van der Waals surface area contributed by atoms with Gasteiger partial charge in [0.1, 0.15) is 18.0 Å². The Morgan fingerprint density at radius 3 is 3.18 bits per heavy atom. The maximum absolute atomic E-state index is 5.42. The van der Waals surface area contributed by atoms with E-state index in [1.54, 1.807) is 13.4 Å². The molecule has 1 aliphatic heterocycles. The summed E-state index contributed by atoms with van der Waals surface area (Å²) >= 11 is 0. The number of piperidine rings is 1. The van der Waals surface area contributed by atoms with Crippen LogP contribution >= 0.6 is 0 Å². The average molecular weight is 236 g/mol. The molecular formula is C12H20N4O. The maximum atomic E-state index is 5.42. The minimum atomic E-state index is 0.321. The molecule has 2 rings (SSSR count). The zero-order valence-electron chi connectivity index (χ0n) is 10.5. The molecule has 1 aromatic heterocycles. The van der Waals surface area contributed by atoms with Gasteiger partial charge in [-0.15, -0.1) is 0 Å². The van der Waals surface area contributed by atoms with E-state index in [2.05, 4.69) is 27.1 Å². The van der Waals surface area contributed by atoms with Crippen LogP contribution in [0.25, 0.3) is 0 Å². The molecule has 1 aliphatic rings. The van der Waals surface area contributed by atoms with Crippen LogP contribution in [-0.2, 0) is 4.74 Å². The molecule has 5 heteroatoms. The highest BCUT2D eigenvalue weighted by atomic mass is 16.5. The molecule has 0 spiro atoms. The first-order chi connectivity index (χ1) is 8.33. The molecule has 0 aromatic carbocycles. The lowest BCUT2D eigenvalue weighted by atomic mass is 10.1. The summed E-state index contributed by atoms with van der Waals surface area (Å²) in [7, 11) is 1.78. The van der Waals surface area contributed by atoms with E-state index in [1.807, 2.05) is 6.07 Å². The first-order valence-corrected chi connectivity index (χ1v) is 6.17. The largest absolute Gasteiger partial charge is 0.380 e. The summed E-state index contributed by atoms with van der Waals surface area (Å²) in [6.07, 6.45) is 4.22. The van der Waals surface area contributed by atoms with E-state index >= 15 is 0 Å². The normalized spacial score (nSPS) is 20.4. The van der Waals surface area contributed by atoms with Crippen molar-refractivity contribution in [3.63, 3.8) is 0 Å². The van der Waals surface area contributed by atoms with Crippen LogP contribution in [-0.4, -0.2) is 42.8 Å². The number of rotatable bonds is 4. The molecule has 0 amide bonds. The van der Waals surface area contributed by atoms with Crippen molar-refractivity contribution in [2.24, 2.45) is 0 Å². The third kappa shape index (κ3) is 3.06. The topological polar surface area (TPSA) is 50.3 Å². The van der Waals surface area contributed by atoms with E-state index in [4.69, 9.17) is 4.74 Å². The van der Waals surface area contributed by atoms with Crippen LogP contribution in [0.3, 0.4) is 0 Å². The van der Waals surface area contributed by atoms with Crippen LogP contribution in [0.1, 0.15) is 19.8 Å². The molecule has 1 fully saturated rings. The Bertz CT molecular complexity index is 358. The molecule has 1 unspecified atom stereocenters. The standard InChI is InChI=1S/C12H20N4O/c1-3-13-11-7-12(15-9-14-11)16-6-4-5-10(8-16)17-2/h7,9-10H,3-6,8H2,1-2H3,(H,13,14,15). The van der Waals surface area contributed by atoms with Gasteiger partial charge in [-0.05, 0) is 19.8 Å². The predicted molar refractivity (Wildman–Crippen MR) is 68.4 cm³/mol. The van der Waals surface area contributed by atoms with Crippen molar-refractivity contribution in [2.45, 2.75) is 25.9 Å². The second-order valence-corrected chi connectivity index (χ2v) is 4.24. The zero-order chi connectivity index (χ0) is 12.1. The van der Waals surface area contributed by atoms with Crippen molar-refractivity contribution in [3.05, 3.63) is 12.4 Å². The molecule has 1 N–H and O–H groups in total. The van der Waals surface area contributed by atoms with E-state index in [1.165, 1.54) is 0 Å². The maximum Gasteiger partial charge on any atom is 0.134 e. The number of methoxy groups -OCH3 is 1. The minimum Gasteiger partial charge on any atom is -0.380 e. The fourth-order valence-electron chi connectivity index (χ4n) is 2.14. The van der Waals surface area contributed by atoms with Gasteiger partial charge in [-0.3, -0.25) is 0 Å². The van der Waals surface area contributed by atoms with Gasteiger partial charge in [-0.25, -0.2) is 9.97 Å². The van der Waals surface area contributed by atoms with E-state index in [0.29, 0.717) is 6.10 Å². The van der Waals surface area contributed by atoms with Gasteiger partial charge in [-0.1, -0.05) is 0 Å². The summed E-state index contributed by atoms with van der Waals surface area (Å²) in [5.74, 6) is 1.87. The number of ether oxygens (including phenoxy) is 1. The van der Waals surface area contributed by atoms with Crippen molar-refractivity contribution < 1.29 is 4.74 Å². The Kier molecular flexibility index (Phi) is 4.14. The average Bonchev–Trinajstić information content (AvgIpc) is 2.40. The second kappa shape index (κ2) is 5.82. The third-order valence-corrected chi connectivity index (χ3v) is 3.05. The number of anilines is 2. The van der Waals surface area contributed by atoms with Gasteiger partial charge in [0.25, 0.3) is 0 Å². The van der Waals surface area contributed by atoms with Crippen molar-refractivity contribution in [1.29, 1.82) is 0 Å². The third-order valence-electron chi connectivity index (χ3n) is 3.05. The highest BCUT2D eigenvalue weighted by Crippen LogP contribution is 2.20. The number of aromatic nitrogens is 2. The van der Waals surface area contributed by atoms with Crippen molar-refractivity contribution in [2.75, 3.05) is 37.0 Å². The van der Waals surface area contributed by atoms with E-state index in [-0.39, 0.29) is 0 Å². The Balaban J connectivity index is 2.07. The Hall–Kier alpha value is -1.36. The van der Waals surface area contributed by atoms with Crippen LogP contribution in [0, 0.1) is 0 Å². The summed E-state index contributed by atoms with van der Waals surface area (Å²) in [6.45, 7) is 4.89. The van der Waals surface area contributed by atoms with Crippen LogP contribution in [0.5, 0.6) is 0 Å². The SMILES string of the molecule is CCNc1cc(N2CCCC(OC)C2)ncn1. The number of nitrogens with zero attached hydrogens (tertiary/aromatic N) is 3. The molecule has 1 atom stereocenters. The van der Waals surface area contributed by atoms with Gasteiger partial charge in [0, 0.05) is 32.8 Å². The van der Waals surface area contributed by atoms with E-state index < -0.39 is 0 Å². The summed E-state index contributed by atoms with van der Waals surface area (Å²) in [4.78, 5) is 10.8. The molecule has 0 saturated carbocycles. The molecule has 94 valence electrons. The minimum absolute atomic E-state index is 0.321. The fraction of sp³-hybridized carbons (Fsp3) is 0.667. The molecule has 1 saturated heterocycles. The number of hydrogen-bond acceptors (Lipinski definition) is 5. The molecular weight excluding hydrogens is 216 g/mol. The van der Waals surface area contributed by atoms with Gasteiger partial charge >= 0.3 is 0 Å². The van der Waals surface area contributed by atoms with Crippen LogP contribution < -0.4 is 10.2 Å². The van der Waals surface area contributed by atoms with Gasteiger partial charge in [-0.2, -0.15) is 0 Å². The molecule has 5 nitrogen and oxygen atoms in total. The lowest BCUT2D eigenvalue weighted by Gasteiger charge is -2.32. The molecule has 17 heavy (non-hydrogen) atoms. The summed E-state index contributed by atoms with van der Waals surface area (Å²) in [5.41, 5.74) is 0. The predicted octanol–water partition coefficient (Wildman–Crippen LogP) is 1.52. The number of hydrogen-bond donors (Lipinski definition) is 1. The molecule has 2 heterocycles. The zero-order valence-corrected chi connectivity index (χ0v) is 10.5. The van der Waals surface area contributed by atoms with Gasteiger partial charge in [0.2, 0.25) is 0 Å². The Morgan fingerprint density at radius 1 is 1.53 bits per heavy atom. The van der Waals surface area contributed by atoms with E-state index in [9.17, 15) is 0 Å². The number of nitrogens with one attached hydrogen (secondary N) is 1.